The molecule has 4 N–H and O–H groups in total. The van der Waals surface area contributed by atoms with Crippen LogP contribution in [0.3, 0.4) is 0 Å². The van der Waals surface area contributed by atoms with Crippen LogP contribution in [0, 0.1) is 5.92 Å². The molecule has 1 aliphatic rings. The number of hydrogen-bond acceptors (Lipinski definition) is 7. The predicted octanol–water partition coefficient (Wildman–Crippen LogP) is 3.02. The first-order valence-electron chi connectivity index (χ1n) is 12.6. The van der Waals surface area contributed by atoms with E-state index < -0.39 is 73.2 Å². The number of alkyl halides is 2. The van der Waals surface area contributed by atoms with Gasteiger partial charge in [0.15, 0.2) is 0 Å². The number of halogens is 2. The highest BCUT2D eigenvalue weighted by Gasteiger charge is 2.47. The maximum Gasteiger partial charge on any atom is 0.410 e. The summed E-state index contributed by atoms with van der Waals surface area (Å²) in [5.74, 6) is -4.40. The van der Waals surface area contributed by atoms with Crippen LogP contribution in [-0.2, 0) is 25.7 Å². The van der Waals surface area contributed by atoms with Gasteiger partial charge in [-0.2, -0.15) is 0 Å². The van der Waals surface area contributed by atoms with Crippen LogP contribution in [0.4, 0.5) is 24.1 Å². The minimum atomic E-state index is -3.08. The molecule has 0 bridgehead atoms. The summed E-state index contributed by atoms with van der Waals surface area (Å²) >= 11 is 0. The van der Waals surface area contributed by atoms with Gasteiger partial charge in [-0.15, -0.1) is 0 Å². The van der Waals surface area contributed by atoms with Gasteiger partial charge >= 0.3 is 12.2 Å². The molecule has 13 heteroatoms. The topological polar surface area (TPSA) is 146 Å². The van der Waals surface area contributed by atoms with Gasteiger partial charge in [-0.25, -0.2) is 18.4 Å². The summed E-state index contributed by atoms with van der Waals surface area (Å²) in [5, 5.41) is 17.0. The Balaban J connectivity index is 1.87. The van der Waals surface area contributed by atoms with E-state index in [1.165, 1.54) is 6.92 Å². The molecule has 0 unspecified atom stereocenters. The van der Waals surface area contributed by atoms with E-state index in [1.54, 1.807) is 58.9 Å². The number of carbonyl (C=O) groups excluding carboxylic acids is 4. The van der Waals surface area contributed by atoms with E-state index in [0.717, 1.165) is 4.90 Å². The fraction of sp³-hybridized carbons (Fsp3) is 0.615. The molecule has 11 nitrogen and oxygen atoms in total. The molecule has 3 atom stereocenters. The Morgan fingerprint density at radius 2 is 1.69 bits per heavy atom. The van der Waals surface area contributed by atoms with Gasteiger partial charge in [0.1, 0.15) is 24.3 Å². The van der Waals surface area contributed by atoms with Crippen LogP contribution < -0.4 is 16.0 Å². The zero-order valence-corrected chi connectivity index (χ0v) is 23.0. The number of amides is 4. The van der Waals surface area contributed by atoms with Crippen molar-refractivity contribution in [3.63, 3.8) is 0 Å². The molecule has 0 aliphatic carbocycles. The number of aliphatic hydroxyl groups excluding tert-OH is 1. The third kappa shape index (κ3) is 9.97. The lowest BCUT2D eigenvalue weighted by Crippen LogP contribution is -2.54. The molecule has 2 rings (SSSR count). The largest absolute Gasteiger partial charge is 0.445 e. The van der Waals surface area contributed by atoms with Crippen molar-refractivity contribution in [1.29, 1.82) is 0 Å². The molecular formula is C26H38F2N4O7. The summed E-state index contributed by atoms with van der Waals surface area (Å²) in [5.41, 5.74) is 0.214. The van der Waals surface area contributed by atoms with Gasteiger partial charge in [-0.1, -0.05) is 26.0 Å². The lowest BCUT2D eigenvalue weighted by atomic mass is 10.0. The Hall–Kier alpha value is -3.48. The summed E-state index contributed by atoms with van der Waals surface area (Å²) in [6, 6.07) is 3.40. The Morgan fingerprint density at radius 1 is 1.08 bits per heavy atom. The van der Waals surface area contributed by atoms with E-state index >= 15 is 0 Å². The zero-order valence-electron chi connectivity index (χ0n) is 23.0. The highest BCUT2D eigenvalue weighted by molar-refractivity contribution is 5.98. The molecule has 1 heterocycles. The molecule has 1 saturated heterocycles. The molecule has 218 valence electrons. The van der Waals surface area contributed by atoms with Crippen LogP contribution in [0.5, 0.6) is 0 Å². The molecular weight excluding hydrogens is 518 g/mol. The van der Waals surface area contributed by atoms with Gasteiger partial charge < -0.3 is 30.5 Å². The van der Waals surface area contributed by atoms with Crippen LogP contribution in [0.2, 0.25) is 0 Å². The second kappa shape index (κ2) is 13.0. The van der Waals surface area contributed by atoms with Crippen molar-refractivity contribution in [2.24, 2.45) is 5.92 Å². The van der Waals surface area contributed by atoms with Gasteiger partial charge in [0.2, 0.25) is 11.8 Å². The number of ether oxygens (including phenoxy) is 2. The number of benzene rings is 1. The third-order valence-corrected chi connectivity index (χ3v) is 5.78. The normalized spacial score (nSPS) is 18.2. The lowest BCUT2D eigenvalue weighted by Gasteiger charge is -2.26. The fourth-order valence-electron chi connectivity index (χ4n) is 3.78. The molecule has 1 fully saturated rings. The molecule has 39 heavy (non-hydrogen) atoms. The molecule has 4 amide bonds. The third-order valence-electron chi connectivity index (χ3n) is 5.78. The number of likely N-dealkylation sites (tertiary alicyclic amines) is 1. The first kappa shape index (κ1) is 31.7. The van der Waals surface area contributed by atoms with Gasteiger partial charge in [-0.05, 0) is 51.3 Å². The van der Waals surface area contributed by atoms with Crippen LogP contribution in [0.25, 0.3) is 0 Å². The van der Waals surface area contributed by atoms with Crippen molar-refractivity contribution in [2.75, 3.05) is 18.5 Å². The van der Waals surface area contributed by atoms with E-state index in [4.69, 9.17) is 9.47 Å². The van der Waals surface area contributed by atoms with Crippen molar-refractivity contribution in [1.82, 2.24) is 15.5 Å². The molecule has 1 aromatic rings. The Morgan fingerprint density at radius 3 is 2.23 bits per heavy atom. The molecule has 1 aromatic carbocycles. The lowest BCUT2D eigenvalue weighted by molar-refractivity contribution is -0.128. The first-order chi connectivity index (χ1) is 18.0. The minimum Gasteiger partial charge on any atom is -0.445 e. The van der Waals surface area contributed by atoms with E-state index in [-0.39, 0.29) is 12.5 Å². The fourth-order valence-corrected chi connectivity index (χ4v) is 3.78. The zero-order chi connectivity index (χ0) is 29.5. The maximum atomic E-state index is 13.6. The standard InChI is InChI=1S/C26H38F2N4O7/c1-15(2)20(31-23(36)39-25(4,5)6)22(35)29-16(3)21(34)30-18-9-7-17(8-10-18)13-38-24(37)32-14-26(27,28)11-19(32)12-33/h7-10,15-16,19-20,33H,11-14H2,1-6H3,(H,29,35)(H,30,34)(H,31,36)/t16-,19-,20-/m0/s1. The van der Waals surface area contributed by atoms with Crippen molar-refractivity contribution in [3.05, 3.63) is 29.8 Å². The van der Waals surface area contributed by atoms with Crippen molar-refractivity contribution >= 4 is 29.7 Å². The van der Waals surface area contributed by atoms with E-state index in [2.05, 4.69) is 16.0 Å². The summed E-state index contributed by atoms with van der Waals surface area (Å²) in [7, 11) is 0. The highest BCUT2D eigenvalue weighted by atomic mass is 19.3. The number of hydrogen-bond donors (Lipinski definition) is 4. The van der Waals surface area contributed by atoms with Crippen molar-refractivity contribution < 1.29 is 42.5 Å². The summed E-state index contributed by atoms with van der Waals surface area (Å²) in [6.07, 6.45) is -2.32. The van der Waals surface area contributed by atoms with Crippen LogP contribution >= 0.6 is 0 Å². The SMILES string of the molecule is CC(C)[C@H](NC(=O)OC(C)(C)C)C(=O)N[C@@H](C)C(=O)Nc1ccc(COC(=O)N2CC(F)(F)C[C@H]2CO)cc1. The van der Waals surface area contributed by atoms with Gasteiger partial charge in [-0.3, -0.25) is 14.5 Å². The van der Waals surface area contributed by atoms with Gasteiger partial charge in [0.05, 0.1) is 19.2 Å². The smallest absolute Gasteiger partial charge is 0.410 e. The number of carbonyl (C=O) groups is 4. The molecule has 1 aliphatic heterocycles. The van der Waals surface area contributed by atoms with E-state index in [0.29, 0.717) is 11.3 Å². The average Bonchev–Trinajstić information content (AvgIpc) is 3.15. The molecule has 0 saturated carbocycles. The van der Waals surface area contributed by atoms with Crippen LogP contribution in [-0.4, -0.2) is 76.8 Å². The number of rotatable bonds is 9. The highest BCUT2D eigenvalue weighted by Crippen LogP contribution is 2.32. The number of aliphatic hydroxyl groups is 1. The molecule has 0 aromatic heterocycles. The summed E-state index contributed by atoms with van der Waals surface area (Å²) < 4.78 is 37.4. The van der Waals surface area contributed by atoms with E-state index in [9.17, 15) is 33.1 Å². The maximum absolute atomic E-state index is 13.6. The second-order valence-corrected chi connectivity index (χ2v) is 10.9. The average molecular weight is 557 g/mol. The van der Waals surface area contributed by atoms with Gasteiger partial charge in [0.25, 0.3) is 5.92 Å². The second-order valence-electron chi connectivity index (χ2n) is 10.9. The number of nitrogens with zero attached hydrogens (tertiary/aromatic N) is 1. The predicted molar refractivity (Wildman–Crippen MR) is 138 cm³/mol. The minimum absolute atomic E-state index is 0.193. The molecule has 0 spiro atoms. The van der Waals surface area contributed by atoms with Crippen molar-refractivity contribution in [3.8, 4) is 0 Å². The summed E-state index contributed by atoms with van der Waals surface area (Å²) in [6.45, 7) is 8.50. The first-order valence-corrected chi connectivity index (χ1v) is 12.6. The number of alkyl carbamates (subject to hydrolysis) is 1. The van der Waals surface area contributed by atoms with Crippen LogP contribution in [0.15, 0.2) is 24.3 Å². The quantitative estimate of drug-likeness (QED) is 0.366. The Bertz CT molecular complexity index is 1030. The Kier molecular flexibility index (Phi) is 10.6. The Labute approximate surface area is 226 Å². The van der Waals surface area contributed by atoms with Crippen molar-refractivity contribution in [2.45, 2.75) is 84.2 Å². The van der Waals surface area contributed by atoms with Crippen LogP contribution in [0.1, 0.15) is 53.5 Å². The molecule has 0 radical (unpaired) electrons. The number of nitrogens with one attached hydrogen (secondary N) is 3. The monoisotopic (exact) mass is 556 g/mol. The van der Waals surface area contributed by atoms with E-state index in [1.807, 2.05) is 0 Å². The number of anilines is 1. The van der Waals surface area contributed by atoms with Gasteiger partial charge in [0, 0.05) is 12.1 Å². The summed E-state index contributed by atoms with van der Waals surface area (Å²) in [4.78, 5) is 50.5.